The number of esters is 1. The molecule has 1 aliphatic rings. The molecule has 1 N–H and O–H groups in total. The minimum atomic E-state index is -0.836. The molecule has 0 saturated heterocycles. The highest BCUT2D eigenvalue weighted by atomic mass is 16.5. The van der Waals surface area contributed by atoms with E-state index in [2.05, 4.69) is 0 Å². The Balaban J connectivity index is 1.72. The summed E-state index contributed by atoms with van der Waals surface area (Å²) in [6, 6.07) is 18.0. The van der Waals surface area contributed by atoms with Crippen LogP contribution in [0.4, 0.5) is 5.69 Å². The van der Waals surface area contributed by atoms with Crippen LogP contribution in [0.1, 0.15) is 34.6 Å². The van der Waals surface area contributed by atoms with E-state index in [9.17, 15) is 19.5 Å². The fourth-order valence-electron chi connectivity index (χ4n) is 3.75. The Morgan fingerprint density at radius 2 is 1.75 bits per heavy atom. The molecule has 2 heterocycles. The summed E-state index contributed by atoms with van der Waals surface area (Å²) in [5.41, 5.74) is 1.81. The molecule has 0 saturated carbocycles. The zero-order chi connectivity index (χ0) is 22.7. The highest BCUT2D eigenvalue weighted by Gasteiger charge is 2.45. The number of amides is 1. The van der Waals surface area contributed by atoms with Gasteiger partial charge in [-0.3, -0.25) is 19.3 Å². The Morgan fingerprint density at radius 3 is 2.38 bits per heavy atom. The zero-order valence-electron chi connectivity index (χ0n) is 17.4. The fraction of sp³-hybridized carbons (Fsp3) is 0.160. The second kappa shape index (κ2) is 8.93. The number of ketones is 1. The van der Waals surface area contributed by atoms with E-state index < -0.39 is 23.5 Å². The molecule has 3 aromatic rings. The van der Waals surface area contributed by atoms with Gasteiger partial charge in [0.1, 0.15) is 0 Å². The summed E-state index contributed by atoms with van der Waals surface area (Å²) >= 11 is 0. The van der Waals surface area contributed by atoms with Crippen molar-refractivity contribution in [3.63, 3.8) is 0 Å². The molecule has 0 bridgehead atoms. The lowest BCUT2D eigenvalue weighted by Crippen LogP contribution is -2.31. The maximum atomic E-state index is 13.1. The van der Waals surface area contributed by atoms with Crippen LogP contribution in [0.2, 0.25) is 0 Å². The van der Waals surface area contributed by atoms with E-state index in [1.165, 1.54) is 17.2 Å². The molecule has 1 atom stereocenters. The molecular formula is C25H21NO6. The van der Waals surface area contributed by atoms with Crippen LogP contribution in [-0.4, -0.2) is 29.4 Å². The maximum absolute atomic E-state index is 13.1. The van der Waals surface area contributed by atoms with Crippen molar-refractivity contribution in [2.24, 2.45) is 0 Å². The predicted molar refractivity (Wildman–Crippen MR) is 116 cm³/mol. The number of Topliss-reactive ketones (excluding diaryl/α,β-unsaturated/α-hetero) is 1. The van der Waals surface area contributed by atoms with E-state index in [0.29, 0.717) is 17.9 Å². The average Bonchev–Trinajstić information content (AvgIpc) is 3.42. The molecule has 0 spiro atoms. The summed E-state index contributed by atoms with van der Waals surface area (Å²) in [6.07, 6.45) is 1.47. The van der Waals surface area contributed by atoms with E-state index in [0.717, 1.165) is 5.56 Å². The van der Waals surface area contributed by atoms with Gasteiger partial charge in [0, 0.05) is 5.69 Å². The number of furan rings is 1. The van der Waals surface area contributed by atoms with Gasteiger partial charge in [-0.15, -0.1) is 0 Å². The van der Waals surface area contributed by atoms with E-state index in [-0.39, 0.29) is 23.7 Å². The molecule has 2 aromatic carbocycles. The first-order valence-electron chi connectivity index (χ1n) is 10.2. The molecule has 32 heavy (non-hydrogen) atoms. The molecule has 1 unspecified atom stereocenters. The maximum Gasteiger partial charge on any atom is 0.310 e. The Bertz CT molecular complexity index is 1160. The quantitative estimate of drug-likeness (QED) is 0.446. The standard InChI is InChI=1S/C25H21NO6/c1-2-31-20(27)15-16-10-12-18(13-11-16)26-22(17-7-4-3-5-8-17)21(24(29)25(26)30)23(28)19-9-6-14-32-19/h3-14,22,29H,2,15H2,1H3. The number of aliphatic hydroxyl groups excluding tert-OH is 1. The van der Waals surface area contributed by atoms with E-state index in [1.54, 1.807) is 61.5 Å². The number of nitrogens with zero attached hydrogens (tertiary/aromatic N) is 1. The number of benzene rings is 2. The number of anilines is 1. The number of hydrogen-bond donors (Lipinski definition) is 1. The van der Waals surface area contributed by atoms with Crippen molar-refractivity contribution in [2.45, 2.75) is 19.4 Å². The van der Waals surface area contributed by atoms with Crippen molar-refractivity contribution in [2.75, 3.05) is 11.5 Å². The molecule has 0 fully saturated rings. The van der Waals surface area contributed by atoms with Crippen LogP contribution >= 0.6 is 0 Å². The van der Waals surface area contributed by atoms with E-state index in [4.69, 9.17) is 9.15 Å². The third-order valence-electron chi connectivity index (χ3n) is 5.18. The fourth-order valence-corrected chi connectivity index (χ4v) is 3.75. The highest BCUT2D eigenvalue weighted by Crippen LogP contribution is 2.41. The predicted octanol–water partition coefficient (Wildman–Crippen LogP) is 4.17. The van der Waals surface area contributed by atoms with Gasteiger partial charge in [-0.2, -0.15) is 0 Å². The van der Waals surface area contributed by atoms with Crippen molar-refractivity contribution < 1.29 is 28.6 Å². The van der Waals surface area contributed by atoms with Gasteiger partial charge in [-0.05, 0) is 42.3 Å². The number of ether oxygens (including phenoxy) is 1. The van der Waals surface area contributed by atoms with Crippen molar-refractivity contribution in [1.82, 2.24) is 0 Å². The van der Waals surface area contributed by atoms with Gasteiger partial charge in [0.15, 0.2) is 11.5 Å². The average molecular weight is 431 g/mol. The second-order valence-corrected chi connectivity index (χ2v) is 7.21. The van der Waals surface area contributed by atoms with E-state index >= 15 is 0 Å². The van der Waals surface area contributed by atoms with Crippen LogP contribution in [0.3, 0.4) is 0 Å². The molecule has 1 aromatic heterocycles. The highest BCUT2D eigenvalue weighted by molar-refractivity contribution is 6.20. The third-order valence-corrected chi connectivity index (χ3v) is 5.18. The van der Waals surface area contributed by atoms with Crippen LogP contribution in [0.5, 0.6) is 0 Å². The first-order chi connectivity index (χ1) is 15.5. The van der Waals surface area contributed by atoms with Gasteiger partial charge in [0.25, 0.3) is 5.91 Å². The molecule has 4 rings (SSSR count). The summed E-state index contributed by atoms with van der Waals surface area (Å²) < 4.78 is 10.2. The normalized spacial score (nSPS) is 15.8. The van der Waals surface area contributed by atoms with Gasteiger partial charge in [-0.25, -0.2) is 0 Å². The van der Waals surface area contributed by atoms with Crippen LogP contribution in [0, 0.1) is 0 Å². The number of carbonyl (C=O) groups is 3. The summed E-state index contributed by atoms with van der Waals surface area (Å²) in [7, 11) is 0. The van der Waals surface area contributed by atoms with Gasteiger partial charge >= 0.3 is 5.97 Å². The zero-order valence-corrected chi connectivity index (χ0v) is 17.4. The molecule has 1 amide bonds. The summed E-state index contributed by atoms with van der Waals surface area (Å²) in [6.45, 7) is 2.04. The first kappa shape index (κ1) is 21.1. The molecule has 1 aliphatic heterocycles. The monoisotopic (exact) mass is 431 g/mol. The molecular weight excluding hydrogens is 410 g/mol. The second-order valence-electron chi connectivity index (χ2n) is 7.21. The van der Waals surface area contributed by atoms with Crippen molar-refractivity contribution in [1.29, 1.82) is 0 Å². The summed E-state index contributed by atoms with van der Waals surface area (Å²) in [4.78, 5) is 39.3. The van der Waals surface area contributed by atoms with Crippen molar-refractivity contribution in [3.8, 4) is 0 Å². The lowest BCUT2D eigenvalue weighted by Gasteiger charge is -2.27. The molecule has 0 aliphatic carbocycles. The smallest absolute Gasteiger partial charge is 0.310 e. The number of hydrogen-bond acceptors (Lipinski definition) is 6. The van der Waals surface area contributed by atoms with Gasteiger partial charge < -0.3 is 14.3 Å². The number of aliphatic hydroxyl groups is 1. The van der Waals surface area contributed by atoms with Crippen LogP contribution < -0.4 is 4.90 Å². The summed E-state index contributed by atoms with van der Waals surface area (Å²) in [5.74, 6) is -2.17. The Hall–Kier alpha value is -4.13. The minimum Gasteiger partial charge on any atom is -0.503 e. The minimum absolute atomic E-state index is 0.0342. The number of rotatable bonds is 7. The molecule has 7 nitrogen and oxygen atoms in total. The van der Waals surface area contributed by atoms with Crippen LogP contribution in [-0.2, 0) is 20.7 Å². The summed E-state index contributed by atoms with van der Waals surface area (Å²) in [5, 5.41) is 10.7. The van der Waals surface area contributed by atoms with Crippen molar-refractivity contribution >= 4 is 23.3 Å². The Morgan fingerprint density at radius 1 is 1.03 bits per heavy atom. The van der Waals surface area contributed by atoms with Crippen LogP contribution in [0.25, 0.3) is 0 Å². The molecule has 7 heteroatoms. The third kappa shape index (κ3) is 3.92. The van der Waals surface area contributed by atoms with Crippen LogP contribution in [0.15, 0.2) is 88.7 Å². The van der Waals surface area contributed by atoms with Gasteiger partial charge in [0.2, 0.25) is 5.78 Å². The van der Waals surface area contributed by atoms with Crippen molar-refractivity contribution in [3.05, 3.63) is 101 Å². The topological polar surface area (TPSA) is 97.0 Å². The first-order valence-corrected chi connectivity index (χ1v) is 10.2. The molecule has 162 valence electrons. The Labute approximate surface area is 184 Å². The SMILES string of the molecule is CCOC(=O)Cc1ccc(N2C(=O)C(O)=C(C(=O)c3ccco3)C2c2ccccc2)cc1. The van der Waals surface area contributed by atoms with E-state index in [1.807, 2.05) is 6.07 Å². The number of carbonyl (C=O) groups excluding carboxylic acids is 3. The van der Waals surface area contributed by atoms with Gasteiger partial charge in [-0.1, -0.05) is 42.5 Å². The van der Waals surface area contributed by atoms with Gasteiger partial charge in [0.05, 0.1) is 30.9 Å². The Kier molecular flexibility index (Phi) is 5.89. The lowest BCUT2D eigenvalue weighted by atomic mass is 9.95. The molecule has 0 radical (unpaired) electrons. The lowest BCUT2D eigenvalue weighted by molar-refractivity contribution is -0.142. The largest absolute Gasteiger partial charge is 0.503 e.